The van der Waals surface area contributed by atoms with Crippen LogP contribution in [0.3, 0.4) is 0 Å². The molecule has 8 nitrogen and oxygen atoms in total. The highest BCUT2D eigenvalue weighted by Crippen LogP contribution is 2.49. The lowest BCUT2D eigenvalue weighted by Crippen LogP contribution is -2.36. The van der Waals surface area contributed by atoms with E-state index in [0.29, 0.717) is 50.7 Å². The van der Waals surface area contributed by atoms with E-state index in [1.165, 1.54) is 0 Å². The van der Waals surface area contributed by atoms with Crippen molar-refractivity contribution in [1.82, 2.24) is 5.32 Å². The molecule has 2 aliphatic rings. The van der Waals surface area contributed by atoms with Gasteiger partial charge in [0.15, 0.2) is 28.8 Å². The van der Waals surface area contributed by atoms with Gasteiger partial charge in [0.05, 0.1) is 44.6 Å². The second kappa shape index (κ2) is 11.7. The number of Topliss-reactive ketones (excluding diaryl/α,β-unsaturated/α-hetero) is 1. The van der Waals surface area contributed by atoms with E-state index in [1.807, 2.05) is 37.3 Å². The number of ketones is 1. The van der Waals surface area contributed by atoms with Gasteiger partial charge >= 0.3 is 5.97 Å². The van der Waals surface area contributed by atoms with Gasteiger partial charge in [0.2, 0.25) is 0 Å². The molecule has 0 amide bonds. The summed E-state index contributed by atoms with van der Waals surface area (Å²) < 4.78 is 28.2. The molecular weight excluding hydrogens is 566 g/mol. The molecule has 1 aliphatic heterocycles. The predicted molar refractivity (Wildman–Crippen MR) is 151 cm³/mol. The fourth-order valence-corrected chi connectivity index (χ4v) is 5.99. The van der Waals surface area contributed by atoms with Crippen LogP contribution < -0.4 is 24.3 Å². The minimum atomic E-state index is -0.637. The lowest BCUT2D eigenvalue weighted by molar-refractivity contribution is -0.143. The molecular formula is C30H34BrNO7. The number of ether oxygens (including phenoxy) is 5. The van der Waals surface area contributed by atoms with Crippen LogP contribution in [0.4, 0.5) is 0 Å². The molecule has 0 fully saturated rings. The number of benzene rings is 2. The molecule has 9 heteroatoms. The van der Waals surface area contributed by atoms with Gasteiger partial charge in [0, 0.05) is 29.3 Å². The molecule has 0 spiro atoms. The number of methoxy groups -OCH3 is 4. The molecule has 0 unspecified atom stereocenters. The second-order valence-electron chi connectivity index (χ2n) is 9.82. The zero-order chi connectivity index (χ0) is 28.4. The average molecular weight is 601 g/mol. The van der Waals surface area contributed by atoms with Gasteiger partial charge < -0.3 is 29.0 Å². The molecule has 1 heterocycles. The SMILES string of the molecule is COc1ccc([C@H]2CC(=O)C3=C(C2)NC(C)=C(C(=O)OC(C)C)[C@H]3c2cc(Br)c(OC)c(OC)c2)cc1OC. The van der Waals surface area contributed by atoms with Gasteiger partial charge in [0.1, 0.15) is 0 Å². The molecule has 2 aromatic carbocycles. The van der Waals surface area contributed by atoms with Gasteiger partial charge in [-0.2, -0.15) is 0 Å². The van der Waals surface area contributed by atoms with E-state index in [1.54, 1.807) is 42.3 Å². The van der Waals surface area contributed by atoms with Crippen molar-refractivity contribution in [3.63, 3.8) is 0 Å². The second-order valence-corrected chi connectivity index (χ2v) is 10.7. The van der Waals surface area contributed by atoms with Gasteiger partial charge in [-0.1, -0.05) is 6.07 Å². The normalized spacial score (nSPS) is 18.9. The first-order valence-corrected chi connectivity index (χ1v) is 13.5. The van der Waals surface area contributed by atoms with Crippen LogP contribution in [0.25, 0.3) is 0 Å². The van der Waals surface area contributed by atoms with Gasteiger partial charge in [-0.25, -0.2) is 4.79 Å². The zero-order valence-corrected chi connectivity index (χ0v) is 24.9. The highest BCUT2D eigenvalue weighted by atomic mass is 79.9. The summed E-state index contributed by atoms with van der Waals surface area (Å²) in [7, 11) is 6.29. The first-order chi connectivity index (χ1) is 18.6. The summed E-state index contributed by atoms with van der Waals surface area (Å²) in [5, 5.41) is 3.38. The van der Waals surface area contributed by atoms with E-state index in [0.717, 1.165) is 16.8 Å². The maximum Gasteiger partial charge on any atom is 0.337 e. The van der Waals surface area contributed by atoms with E-state index < -0.39 is 11.9 Å². The van der Waals surface area contributed by atoms with Crippen molar-refractivity contribution in [2.75, 3.05) is 28.4 Å². The Labute approximate surface area is 237 Å². The van der Waals surface area contributed by atoms with Crippen molar-refractivity contribution in [3.05, 3.63) is 68.5 Å². The van der Waals surface area contributed by atoms with Crippen molar-refractivity contribution in [2.45, 2.75) is 51.6 Å². The zero-order valence-electron chi connectivity index (χ0n) is 23.3. The van der Waals surface area contributed by atoms with Gasteiger partial charge in [0.25, 0.3) is 0 Å². The maximum absolute atomic E-state index is 13.9. The van der Waals surface area contributed by atoms with Crippen LogP contribution in [0.5, 0.6) is 23.0 Å². The van der Waals surface area contributed by atoms with Crippen LogP contribution in [0.1, 0.15) is 56.6 Å². The Morgan fingerprint density at radius 2 is 1.59 bits per heavy atom. The minimum Gasteiger partial charge on any atom is -0.493 e. The number of hydrogen-bond donors (Lipinski definition) is 1. The summed E-state index contributed by atoms with van der Waals surface area (Å²) in [6, 6.07) is 9.42. The Hall–Kier alpha value is -3.46. The molecule has 1 N–H and O–H groups in total. The van der Waals surface area contributed by atoms with Crippen molar-refractivity contribution >= 4 is 27.7 Å². The van der Waals surface area contributed by atoms with E-state index in [2.05, 4.69) is 21.2 Å². The van der Waals surface area contributed by atoms with Crippen molar-refractivity contribution in [1.29, 1.82) is 0 Å². The number of dihydropyridines is 1. The summed E-state index contributed by atoms with van der Waals surface area (Å²) in [6.07, 6.45) is 0.556. The van der Waals surface area contributed by atoms with Crippen LogP contribution >= 0.6 is 15.9 Å². The highest BCUT2D eigenvalue weighted by molar-refractivity contribution is 9.10. The molecule has 4 rings (SSSR count). The summed E-state index contributed by atoms with van der Waals surface area (Å²) in [6.45, 7) is 5.44. The molecule has 2 aromatic rings. The molecule has 0 aromatic heterocycles. The fourth-order valence-electron chi connectivity index (χ4n) is 5.37. The summed E-state index contributed by atoms with van der Waals surface area (Å²) in [5.41, 5.74) is 4.11. The van der Waals surface area contributed by atoms with Gasteiger partial charge in [-0.15, -0.1) is 0 Å². The fraction of sp³-hybridized carbons (Fsp3) is 0.400. The van der Waals surface area contributed by atoms with Crippen molar-refractivity contribution in [3.8, 4) is 23.0 Å². The Bertz CT molecular complexity index is 1360. The summed E-state index contributed by atoms with van der Waals surface area (Å²) in [5.74, 6) is 1.05. The van der Waals surface area contributed by atoms with Gasteiger partial charge in [-0.3, -0.25) is 4.79 Å². The first-order valence-electron chi connectivity index (χ1n) is 12.7. The van der Waals surface area contributed by atoms with Crippen LogP contribution in [-0.2, 0) is 14.3 Å². The number of hydrogen-bond acceptors (Lipinski definition) is 8. The minimum absolute atomic E-state index is 0.0400. The Morgan fingerprint density at radius 3 is 2.21 bits per heavy atom. The standard InChI is InChI=1S/C30H34BrNO7/c1-15(2)39-30(34)26-16(3)32-21-11-18(17-8-9-23(35-4)24(13-17)36-5)12-22(33)28(21)27(26)19-10-20(31)29(38-7)25(14-19)37-6/h8-10,13-15,18,27,32H,11-12H2,1-7H3/t18-,27-/m1/s1. The van der Waals surface area contributed by atoms with Crippen LogP contribution in [-0.4, -0.2) is 46.3 Å². The molecule has 0 saturated carbocycles. The first kappa shape index (κ1) is 28.5. The summed E-state index contributed by atoms with van der Waals surface area (Å²) in [4.78, 5) is 27.4. The topological polar surface area (TPSA) is 92.3 Å². The van der Waals surface area contributed by atoms with Crippen molar-refractivity contribution < 1.29 is 33.3 Å². The Kier molecular flexibility index (Phi) is 8.59. The van der Waals surface area contributed by atoms with E-state index in [4.69, 9.17) is 23.7 Å². The molecule has 0 saturated heterocycles. The Balaban J connectivity index is 1.84. The number of carbonyl (C=O) groups is 2. The smallest absolute Gasteiger partial charge is 0.337 e. The lowest BCUT2D eigenvalue weighted by Gasteiger charge is -2.37. The number of halogens is 1. The van der Waals surface area contributed by atoms with Crippen LogP contribution in [0.2, 0.25) is 0 Å². The Morgan fingerprint density at radius 1 is 0.923 bits per heavy atom. The summed E-state index contributed by atoms with van der Waals surface area (Å²) >= 11 is 3.57. The molecule has 208 valence electrons. The van der Waals surface area contributed by atoms with Crippen LogP contribution in [0.15, 0.2) is 57.3 Å². The third kappa shape index (κ3) is 5.50. The molecule has 0 radical (unpaired) electrons. The van der Waals surface area contributed by atoms with Crippen molar-refractivity contribution in [2.24, 2.45) is 0 Å². The van der Waals surface area contributed by atoms with E-state index in [9.17, 15) is 9.59 Å². The molecule has 39 heavy (non-hydrogen) atoms. The molecule has 2 atom stereocenters. The maximum atomic E-state index is 13.9. The largest absolute Gasteiger partial charge is 0.493 e. The number of carbonyl (C=O) groups excluding carboxylic acids is 2. The quantitative estimate of drug-likeness (QED) is 0.381. The average Bonchev–Trinajstić information content (AvgIpc) is 2.90. The molecule has 0 bridgehead atoms. The van der Waals surface area contributed by atoms with Gasteiger partial charge in [-0.05, 0) is 84.4 Å². The number of nitrogens with one attached hydrogen (secondary N) is 1. The third-order valence-corrected chi connectivity index (χ3v) is 7.65. The van der Waals surface area contributed by atoms with E-state index in [-0.39, 0.29) is 24.2 Å². The molecule has 1 aliphatic carbocycles. The monoisotopic (exact) mass is 599 g/mol. The predicted octanol–water partition coefficient (Wildman–Crippen LogP) is 5.80. The van der Waals surface area contributed by atoms with Crippen LogP contribution in [0, 0.1) is 0 Å². The van der Waals surface area contributed by atoms with E-state index >= 15 is 0 Å². The number of rotatable bonds is 8. The lowest BCUT2D eigenvalue weighted by atomic mass is 9.71. The third-order valence-electron chi connectivity index (χ3n) is 7.06. The number of esters is 1. The highest BCUT2D eigenvalue weighted by Gasteiger charge is 2.42. The number of allylic oxidation sites excluding steroid dienone is 3.